The number of carbonyl (C=O) groups is 1. The monoisotopic (exact) mass is 242 g/mol. The fraction of sp³-hybridized carbons (Fsp3) is 0.143. The molecule has 0 aliphatic carbocycles. The number of hydrogen-bond donors (Lipinski definition) is 1. The normalized spacial score (nSPS) is 10.8. The van der Waals surface area contributed by atoms with Crippen LogP contribution in [0.25, 0.3) is 6.08 Å². The highest BCUT2D eigenvalue weighted by molar-refractivity contribution is 6.01. The van der Waals surface area contributed by atoms with Gasteiger partial charge in [-0.3, -0.25) is 4.79 Å². The van der Waals surface area contributed by atoms with E-state index in [9.17, 15) is 4.79 Å². The predicted octanol–water partition coefficient (Wildman–Crippen LogP) is 2.94. The van der Waals surface area contributed by atoms with Crippen LogP contribution in [0.15, 0.2) is 41.0 Å². The highest BCUT2D eigenvalue weighted by atomic mass is 16.3. The third kappa shape index (κ3) is 3.07. The van der Waals surface area contributed by atoms with Crippen LogP contribution < -0.4 is 5.32 Å². The second-order valence-corrected chi connectivity index (χ2v) is 3.94. The van der Waals surface area contributed by atoms with Crippen LogP contribution in [0.4, 0.5) is 5.82 Å². The largest absolute Gasteiger partial charge is 0.462 e. The second-order valence-electron chi connectivity index (χ2n) is 3.94. The summed E-state index contributed by atoms with van der Waals surface area (Å²) >= 11 is 0. The molecule has 0 unspecified atom stereocenters. The molecule has 2 rings (SSSR count). The lowest BCUT2D eigenvalue weighted by Gasteiger charge is -2.03. The van der Waals surface area contributed by atoms with E-state index in [2.05, 4.69) is 10.3 Å². The van der Waals surface area contributed by atoms with Gasteiger partial charge in [-0.25, -0.2) is 4.98 Å². The molecule has 18 heavy (non-hydrogen) atoms. The maximum absolute atomic E-state index is 11.7. The molecule has 0 aliphatic heterocycles. The van der Waals surface area contributed by atoms with Gasteiger partial charge in [-0.05, 0) is 43.7 Å². The number of rotatable bonds is 3. The molecule has 0 fully saturated rings. The van der Waals surface area contributed by atoms with Crippen LogP contribution in [0.1, 0.15) is 17.1 Å². The van der Waals surface area contributed by atoms with Gasteiger partial charge in [0.05, 0.1) is 0 Å². The van der Waals surface area contributed by atoms with Gasteiger partial charge >= 0.3 is 0 Å². The summed E-state index contributed by atoms with van der Waals surface area (Å²) in [6, 6.07) is 7.38. The molecule has 0 saturated heterocycles. The minimum absolute atomic E-state index is 0.231. The lowest BCUT2D eigenvalue weighted by Crippen LogP contribution is -2.10. The molecule has 4 nitrogen and oxygen atoms in total. The lowest BCUT2D eigenvalue weighted by molar-refractivity contribution is -0.111. The van der Waals surface area contributed by atoms with Gasteiger partial charge < -0.3 is 9.73 Å². The third-order valence-corrected chi connectivity index (χ3v) is 2.41. The maximum atomic E-state index is 11.7. The van der Waals surface area contributed by atoms with E-state index in [4.69, 9.17) is 4.42 Å². The van der Waals surface area contributed by atoms with Crippen molar-refractivity contribution in [2.75, 3.05) is 5.32 Å². The Hall–Kier alpha value is -2.36. The molecule has 0 bridgehead atoms. The van der Waals surface area contributed by atoms with E-state index < -0.39 is 0 Å². The summed E-state index contributed by atoms with van der Waals surface area (Å²) in [7, 11) is 0. The number of hydrogen-bond acceptors (Lipinski definition) is 3. The van der Waals surface area contributed by atoms with Crippen molar-refractivity contribution in [2.45, 2.75) is 13.8 Å². The summed E-state index contributed by atoms with van der Waals surface area (Å²) in [5.74, 6) is 1.81. The highest BCUT2D eigenvalue weighted by Gasteiger charge is 2.02. The van der Waals surface area contributed by atoms with E-state index in [-0.39, 0.29) is 5.91 Å². The molecule has 2 aromatic rings. The molecule has 1 amide bonds. The molecule has 4 heteroatoms. The molecule has 2 aromatic heterocycles. The van der Waals surface area contributed by atoms with E-state index in [1.807, 2.05) is 38.1 Å². The van der Waals surface area contributed by atoms with Crippen LogP contribution in [0.5, 0.6) is 0 Å². The number of amides is 1. The average molecular weight is 242 g/mol. The molecule has 0 aliphatic rings. The summed E-state index contributed by atoms with van der Waals surface area (Å²) in [5.41, 5.74) is 0.924. The Balaban J connectivity index is 2.01. The molecule has 0 radical (unpaired) electrons. The van der Waals surface area contributed by atoms with E-state index in [0.29, 0.717) is 11.6 Å². The van der Waals surface area contributed by atoms with Crippen molar-refractivity contribution >= 4 is 17.8 Å². The lowest BCUT2D eigenvalue weighted by atomic mass is 10.3. The first-order chi connectivity index (χ1) is 8.65. The topological polar surface area (TPSA) is 55.1 Å². The summed E-state index contributed by atoms with van der Waals surface area (Å²) in [6.45, 7) is 3.75. The Morgan fingerprint density at radius 1 is 1.33 bits per heavy atom. The predicted molar refractivity (Wildman–Crippen MR) is 70.1 cm³/mol. The fourth-order valence-electron chi connectivity index (χ4n) is 1.48. The quantitative estimate of drug-likeness (QED) is 0.842. The van der Waals surface area contributed by atoms with Gasteiger partial charge in [-0.1, -0.05) is 6.07 Å². The smallest absolute Gasteiger partial charge is 0.249 e. The number of pyridine rings is 1. The first kappa shape index (κ1) is 12.1. The molecule has 0 aromatic carbocycles. The van der Waals surface area contributed by atoms with E-state index >= 15 is 0 Å². The molecule has 0 spiro atoms. The first-order valence-electron chi connectivity index (χ1n) is 5.62. The van der Waals surface area contributed by atoms with Crippen LogP contribution in [0.2, 0.25) is 0 Å². The molecular weight excluding hydrogens is 228 g/mol. The van der Waals surface area contributed by atoms with Crippen LogP contribution in [-0.4, -0.2) is 10.9 Å². The SMILES string of the molecule is Cc1ccc(C=CC(=O)Nc2ncccc2C)o1. The highest BCUT2D eigenvalue weighted by Crippen LogP contribution is 2.10. The van der Waals surface area contributed by atoms with Gasteiger partial charge in [-0.2, -0.15) is 0 Å². The molecule has 0 atom stereocenters. The number of aromatic nitrogens is 1. The Morgan fingerprint density at radius 2 is 2.17 bits per heavy atom. The minimum Gasteiger partial charge on any atom is -0.462 e. The third-order valence-electron chi connectivity index (χ3n) is 2.41. The van der Waals surface area contributed by atoms with Gasteiger partial charge in [0.2, 0.25) is 5.91 Å². The Kier molecular flexibility index (Phi) is 3.57. The summed E-state index contributed by atoms with van der Waals surface area (Å²) in [4.78, 5) is 15.8. The number of nitrogens with zero attached hydrogens (tertiary/aromatic N) is 1. The van der Waals surface area contributed by atoms with Gasteiger partial charge in [-0.15, -0.1) is 0 Å². The molecule has 2 heterocycles. The number of aryl methyl sites for hydroxylation is 2. The Labute approximate surface area is 105 Å². The van der Waals surface area contributed by atoms with Crippen molar-refractivity contribution in [3.8, 4) is 0 Å². The van der Waals surface area contributed by atoms with Crippen LogP contribution in [0.3, 0.4) is 0 Å². The van der Waals surface area contributed by atoms with E-state index in [1.54, 1.807) is 12.3 Å². The zero-order valence-electron chi connectivity index (χ0n) is 10.3. The van der Waals surface area contributed by atoms with Crippen LogP contribution in [-0.2, 0) is 4.79 Å². The Morgan fingerprint density at radius 3 is 2.83 bits per heavy atom. The van der Waals surface area contributed by atoms with Crippen molar-refractivity contribution in [3.05, 3.63) is 53.6 Å². The number of carbonyl (C=O) groups excluding carboxylic acids is 1. The Bertz CT molecular complexity index is 585. The van der Waals surface area contributed by atoms with Crippen molar-refractivity contribution in [1.82, 2.24) is 4.98 Å². The van der Waals surface area contributed by atoms with Gasteiger partial charge in [0.25, 0.3) is 0 Å². The summed E-state index contributed by atoms with van der Waals surface area (Å²) in [6.07, 6.45) is 4.69. The first-order valence-corrected chi connectivity index (χ1v) is 5.62. The molecule has 1 N–H and O–H groups in total. The van der Waals surface area contributed by atoms with Crippen molar-refractivity contribution in [2.24, 2.45) is 0 Å². The summed E-state index contributed by atoms with van der Waals surface area (Å²) < 4.78 is 5.33. The molecule has 0 saturated carbocycles. The number of anilines is 1. The number of nitrogens with one attached hydrogen (secondary N) is 1. The standard InChI is InChI=1S/C14H14N2O2/c1-10-4-3-9-15-14(10)16-13(17)8-7-12-6-5-11(2)18-12/h3-9H,1-2H3,(H,15,16,17). The fourth-order valence-corrected chi connectivity index (χ4v) is 1.48. The van der Waals surface area contributed by atoms with Crippen molar-refractivity contribution < 1.29 is 9.21 Å². The maximum Gasteiger partial charge on any atom is 0.249 e. The average Bonchev–Trinajstić information content (AvgIpc) is 2.76. The number of furan rings is 1. The molecular formula is C14H14N2O2. The van der Waals surface area contributed by atoms with Crippen molar-refractivity contribution in [1.29, 1.82) is 0 Å². The minimum atomic E-state index is -0.231. The van der Waals surface area contributed by atoms with E-state index in [1.165, 1.54) is 6.08 Å². The van der Waals surface area contributed by atoms with Crippen molar-refractivity contribution in [3.63, 3.8) is 0 Å². The summed E-state index contributed by atoms with van der Waals surface area (Å²) in [5, 5.41) is 2.71. The van der Waals surface area contributed by atoms with Crippen LogP contribution >= 0.6 is 0 Å². The van der Waals surface area contributed by atoms with Gasteiger partial charge in [0.15, 0.2) is 0 Å². The van der Waals surface area contributed by atoms with Gasteiger partial charge in [0, 0.05) is 12.3 Å². The van der Waals surface area contributed by atoms with Crippen LogP contribution in [0, 0.1) is 13.8 Å². The zero-order valence-corrected chi connectivity index (χ0v) is 10.3. The molecule has 92 valence electrons. The van der Waals surface area contributed by atoms with E-state index in [0.717, 1.165) is 11.3 Å². The zero-order chi connectivity index (χ0) is 13.0. The van der Waals surface area contributed by atoms with Gasteiger partial charge in [0.1, 0.15) is 17.3 Å². The second kappa shape index (κ2) is 5.31.